The SMILES string of the molecule is Brc1ccc2c3ccccc3c3ccccc3c2c1.Brc1cccc(-c2ccc3c4ccccc4c4ccccc4c3c2)c1. The van der Waals surface area contributed by atoms with Crippen LogP contribution in [-0.4, -0.2) is 0 Å². The zero-order valence-corrected chi connectivity index (χ0v) is 26.9. The first-order valence-electron chi connectivity index (χ1n) is 14.7. The molecule has 0 bridgehead atoms. The van der Waals surface area contributed by atoms with E-state index in [-0.39, 0.29) is 0 Å². The molecule has 44 heavy (non-hydrogen) atoms. The minimum Gasteiger partial charge on any atom is -0.0616 e. The van der Waals surface area contributed by atoms with Gasteiger partial charge in [0.05, 0.1) is 0 Å². The van der Waals surface area contributed by atoms with Gasteiger partial charge in [-0.2, -0.15) is 0 Å². The lowest BCUT2D eigenvalue weighted by Crippen LogP contribution is -1.85. The summed E-state index contributed by atoms with van der Waals surface area (Å²) in [5.41, 5.74) is 2.47. The van der Waals surface area contributed by atoms with Crippen molar-refractivity contribution < 1.29 is 0 Å². The van der Waals surface area contributed by atoms with E-state index in [2.05, 4.69) is 190 Å². The van der Waals surface area contributed by atoms with Gasteiger partial charge in [0.2, 0.25) is 0 Å². The number of benzene rings is 9. The van der Waals surface area contributed by atoms with E-state index < -0.39 is 0 Å². The van der Waals surface area contributed by atoms with Gasteiger partial charge in [-0.25, -0.2) is 0 Å². The lowest BCUT2D eigenvalue weighted by atomic mass is 9.92. The van der Waals surface area contributed by atoms with Crippen LogP contribution >= 0.6 is 31.9 Å². The highest BCUT2D eigenvalue weighted by atomic mass is 79.9. The van der Waals surface area contributed by atoms with Crippen LogP contribution in [0.15, 0.2) is 167 Å². The van der Waals surface area contributed by atoms with Crippen molar-refractivity contribution in [2.45, 2.75) is 0 Å². The Kier molecular flexibility index (Phi) is 6.90. The second kappa shape index (κ2) is 11.2. The Morgan fingerprint density at radius 1 is 0.227 bits per heavy atom. The van der Waals surface area contributed by atoms with Crippen molar-refractivity contribution in [2.24, 2.45) is 0 Å². The predicted octanol–water partition coefficient (Wildman–Crippen LogP) is 13.5. The molecule has 208 valence electrons. The smallest absolute Gasteiger partial charge is 0.0181 e. The van der Waals surface area contributed by atoms with Gasteiger partial charge in [0.1, 0.15) is 0 Å². The van der Waals surface area contributed by atoms with Gasteiger partial charge in [-0.15, -0.1) is 0 Å². The molecule has 0 heterocycles. The average Bonchev–Trinajstić information content (AvgIpc) is 3.08. The molecule has 0 aliphatic heterocycles. The second-order valence-corrected chi connectivity index (χ2v) is 13.0. The summed E-state index contributed by atoms with van der Waals surface area (Å²) in [7, 11) is 0. The third-order valence-corrected chi connectivity index (χ3v) is 9.59. The minimum atomic E-state index is 1.11. The Hall–Kier alpha value is -4.50. The van der Waals surface area contributed by atoms with Crippen molar-refractivity contribution in [3.63, 3.8) is 0 Å². The fraction of sp³-hybridized carbons (Fsp3) is 0. The van der Waals surface area contributed by atoms with E-state index in [1.807, 2.05) is 0 Å². The van der Waals surface area contributed by atoms with Gasteiger partial charge in [-0.05, 0) is 106 Å². The van der Waals surface area contributed by atoms with Crippen LogP contribution in [0, 0.1) is 0 Å². The Labute approximate surface area is 272 Å². The first-order chi connectivity index (χ1) is 21.7. The molecule has 0 fully saturated rings. The lowest BCUT2D eigenvalue weighted by molar-refractivity contribution is 1.61. The molecule has 0 spiro atoms. The molecule has 0 radical (unpaired) electrons. The van der Waals surface area contributed by atoms with Gasteiger partial charge in [0, 0.05) is 8.95 Å². The Morgan fingerprint density at radius 3 is 1.02 bits per heavy atom. The summed E-state index contributed by atoms with van der Waals surface area (Å²) in [6, 6.07) is 56.5. The van der Waals surface area contributed by atoms with Crippen molar-refractivity contribution in [2.75, 3.05) is 0 Å². The molecule has 9 rings (SSSR count). The van der Waals surface area contributed by atoms with E-state index in [0.29, 0.717) is 0 Å². The molecular weight excluding hydrogens is 664 g/mol. The molecule has 0 unspecified atom stereocenters. The number of hydrogen-bond donors (Lipinski definition) is 0. The van der Waals surface area contributed by atoms with Crippen molar-refractivity contribution in [3.8, 4) is 11.1 Å². The van der Waals surface area contributed by atoms with Gasteiger partial charge in [0.25, 0.3) is 0 Å². The summed E-state index contributed by atoms with van der Waals surface area (Å²) >= 11 is 7.16. The van der Waals surface area contributed by atoms with E-state index in [9.17, 15) is 0 Å². The van der Waals surface area contributed by atoms with Crippen LogP contribution in [0.3, 0.4) is 0 Å². The first kappa shape index (κ1) is 27.1. The molecule has 0 saturated carbocycles. The fourth-order valence-corrected chi connectivity index (χ4v) is 7.40. The molecule has 0 N–H and O–H groups in total. The maximum Gasteiger partial charge on any atom is 0.0181 e. The molecule has 0 nitrogen and oxygen atoms in total. The summed E-state index contributed by atoms with van der Waals surface area (Å²) in [5.74, 6) is 0. The quantitative estimate of drug-likeness (QED) is 0.150. The zero-order valence-electron chi connectivity index (χ0n) is 23.8. The molecule has 0 aromatic heterocycles. The van der Waals surface area contributed by atoms with Crippen LogP contribution in [0.4, 0.5) is 0 Å². The maximum absolute atomic E-state index is 3.58. The molecule has 0 aliphatic carbocycles. The normalized spacial score (nSPS) is 11.4. The fourth-order valence-electron chi connectivity index (χ4n) is 6.64. The lowest BCUT2D eigenvalue weighted by Gasteiger charge is -2.12. The third-order valence-electron chi connectivity index (χ3n) is 8.61. The van der Waals surface area contributed by atoms with Gasteiger partial charge >= 0.3 is 0 Å². The van der Waals surface area contributed by atoms with Crippen LogP contribution in [0.25, 0.3) is 75.8 Å². The minimum absolute atomic E-state index is 1.11. The highest BCUT2D eigenvalue weighted by Crippen LogP contribution is 2.38. The van der Waals surface area contributed by atoms with Gasteiger partial charge in [-0.1, -0.05) is 159 Å². The Balaban J connectivity index is 0.000000136. The molecule has 0 saturated heterocycles. The molecule has 0 aliphatic rings. The Bertz CT molecular complexity index is 2460. The molecule has 2 heteroatoms. The monoisotopic (exact) mass is 688 g/mol. The van der Waals surface area contributed by atoms with Gasteiger partial charge in [0.15, 0.2) is 0 Å². The third kappa shape index (κ3) is 4.66. The summed E-state index contributed by atoms with van der Waals surface area (Å²) in [5, 5.41) is 15.8. The molecular formula is C42H26Br2. The summed E-state index contributed by atoms with van der Waals surface area (Å²) < 4.78 is 2.23. The van der Waals surface area contributed by atoms with Crippen molar-refractivity contribution >= 4 is 96.5 Å². The van der Waals surface area contributed by atoms with Crippen LogP contribution < -0.4 is 0 Å². The van der Waals surface area contributed by atoms with E-state index in [4.69, 9.17) is 0 Å². The molecule has 9 aromatic carbocycles. The van der Waals surface area contributed by atoms with Gasteiger partial charge in [-0.3, -0.25) is 0 Å². The van der Waals surface area contributed by atoms with Crippen molar-refractivity contribution in [3.05, 3.63) is 167 Å². The van der Waals surface area contributed by atoms with E-state index in [1.165, 1.54) is 75.8 Å². The average molecular weight is 690 g/mol. The van der Waals surface area contributed by atoms with E-state index in [0.717, 1.165) is 8.95 Å². The molecule has 0 amide bonds. The maximum atomic E-state index is 3.58. The van der Waals surface area contributed by atoms with E-state index in [1.54, 1.807) is 0 Å². The highest BCUT2D eigenvalue weighted by Gasteiger charge is 2.10. The standard InChI is InChI=1S/C24H15Br.C18H11Br/c25-18-7-5-6-16(14-18)17-12-13-23-21-10-2-1-8-19(21)20-9-3-4-11-22(20)24(23)15-17;19-12-9-10-17-15-7-2-1-5-13(15)14-6-3-4-8-16(14)18(17)11-12/h1-15H;1-11H. The van der Waals surface area contributed by atoms with Crippen LogP contribution in [0.1, 0.15) is 0 Å². The molecule has 0 atom stereocenters. The van der Waals surface area contributed by atoms with Crippen LogP contribution in [0.5, 0.6) is 0 Å². The molecule has 9 aromatic rings. The van der Waals surface area contributed by atoms with Gasteiger partial charge < -0.3 is 0 Å². The predicted molar refractivity (Wildman–Crippen MR) is 199 cm³/mol. The topological polar surface area (TPSA) is 0 Å². The number of hydrogen-bond acceptors (Lipinski definition) is 0. The zero-order chi connectivity index (χ0) is 29.6. The largest absolute Gasteiger partial charge is 0.0616 e. The van der Waals surface area contributed by atoms with Crippen LogP contribution in [-0.2, 0) is 0 Å². The summed E-state index contributed by atoms with van der Waals surface area (Å²) in [4.78, 5) is 0. The summed E-state index contributed by atoms with van der Waals surface area (Å²) in [6.07, 6.45) is 0. The number of rotatable bonds is 1. The van der Waals surface area contributed by atoms with Crippen molar-refractivity contribution in [1.29, 1.82) is 0 Å². The van der Waals surface area contributed by atoms with E-state index >= 15 is 0 Å². The number of halogens is 2. The highest BCUT2D eigenvalue weighted by molar-refractivity contribution is 9.10. The van der Waals surface area contributed by atoms with Crippen LogP contribution in [0.2, 0.25) is 0 Å². The summed E-state index contributed by atoms with van der Waals surface area (Å²) in [6.45, 7) is 0. The Morgan fingerprint density at radius 2 is 0.568 bits per heavy atom. The first-order valence-corrected chi connectivity index (χ1v) is 16.3. The van der Waals surface area contributed by atoms with Crippen molar-refractivity contribution in [1.82, 2.24) is 0 Å². The number of fused-ring (bicyclic) bond motifs is 12. The second-order valence-electron chi connectivity index (χ2n) is 11.1.